The Kier molecular flexibility index (Phi) is 5.16. The number of nitrogens with zero attached hydrogens (tertiary/aromatic N) is 4. The number of carbonyl (C=O) groups is 1. The fraction of sp³-hybridized carbons (Fsp3) is 0.250. The molecule has 1 N–H and O–H groups in total. The Balaban J connectivity index is 1.45. The molecule has 28 heavy (non-hydrogen) atoms. The van der Waals surface area contributed by atoms with Crippen LogP contribution in [-0.4, -0.2) is 47.0 Å². The number of benzene rings is 1. The van der Waals surface area contributed by atoms with E-state index in [1.54, 1.807) is 17.0 Å². The van der Waals surface area contributed by atoms with Gasteiger partial charge in [0.25, 0.3) is 5.91 Å². The first kappa shape index (κ1) is 18.3. The third-order valence-corrected chi connectivity index (χ3v) is 4.78. The Labute approximate surface area is 167 Å². The molecular formula is C20H20ClN5O2. The van der Waals surface area contributed by atoms with Gasteiger partial charge in [-0.2, -0.15) is 0 Å². The molecule has 0 unspecified atom stereocenters. The molecule has 4 rings (SSSR count). The topological polar surface area (TPSA) is 74.5 Å². The molecule has 0 bridgehead atoms. The highest BCUT2D eigenvalue weighted by Crippen LogP contribution is 2.23. The molecule has 1 amide bonds. The first-order valence-corrected chi connectivity index (χ1v) is 9.42. The van der Waals surface area contributed by atoms with E-state index in [0.717, 1.165) is 11.5 Å². The molecule has 1 aliphatic heterocycles. The molecule has 8 heteroatoms. The SMILES string of the molecule is Cc1nc(Nc2cccc(Cl)c2)cc(N2CCN(C(=O)c3ccco3)CC2)n1. The molecule has 0 atom stereocenters. The van der Waals surface area contributed by atoms with Gasteiger partial charge in [-0.15, -0.1) is 0 Å². The van der Waals surface area contributed by atoms with Crippen molar-refractivity contribution in [2.45, 2.75) is 6.92 Å². The van der Waals surface area contributed by atoms with Crippen molar-refractivity contribution in [3.05, 3.63) is 65.3 Å². The van der Waals surface area contributed by atoms with Gasteiger partial charge in [-0.3, -0.25) is 4.79 Å². The molecule has 1 aliphatic rings. The minimum Gasteiger partial charge on any atom is -0.459 e. The smallest absolute Gasteiger partial charge is 0.289 e. The van der Waals surface area contributed by atoms with Crippen molar-refractivity contribution in [2.24, 2.45) is 0 Å². The summed E-state index contributed by atoms with van der Waals surface area (Å²) >= 11 is 6.05. The third-order valence-electron chi connectivity index (χ3n) is 4.54. The van der Waals surface area contributed by atoms with Gasteiger partial charge >= 0.3 is 0 Å². The van der Waals surface area contributed by atoms with Gasteiger partial charge in [0.15, 0.2) is 5.76 Å². The first-order valence-electron chi connectivity index (χ1n) is 9.04. The molecule has 1 fully saturated rings. The lowest BCUT2D eigenvalue weighted by Crippen LogP contribution is -2.49. The predicted molar refractivity (Wildman–Crippen MR) is 108 cm³/mol. The summed E-state index contributed by atoms with van der Waals surface area (Å²) in [5.41, 5.74) is 0.866. The number of amides is 1. The van der Waals surface area contributed by atoms with E-state index >= 15 is 0 Å². The number of aryl methyl sites for hydroxylation is 1. The number of carbonyl (C=O) groups excluding carboxylic acids is 1. The molecule has 1 aromatic carbocycles. The van der Waals surface area contributed by atoms with E-state index in [1.807, 2.05) is 37.3 Å². The maximum absolute atomic E-state index is 12.4. The van der Waals surface area contributed by atoms with Gasteiger partial charge < -0.3 is 19.5 Å². The van der Waals surface area contributed by atoms with Crippen LogP contribution in [0.2, 0.25) is 5.02 Å². The van der Waals surface area contributed by atoms with E-state index in [2.05, 4.69) is 20.2 Å². The molecule has 0 radical (unpaired) electrons. The Morgan fingerprint density at radius 1 is 1.11 bits per heavy atom. The quantitative estimate of drug-likeness (QED) is 0.722. The molecule has 3 aromatic rings. The second-order valence-corrected chi connectivity index (χ2v) is 6.99. The van der Waals surface area contributed by atoms with E-state index in [4.69, 9.17) is 16.0 Å². The summed E-state index contributed by atoms with van der Waals surface area (Å²) in [6, 6.07) is 12.8. The second-order valence-electron chi connectivity index (χ2n) is 6.55. The van der Waals surface area contributed by atoms with Crippen LogP contribution >= 0.6 is 11.6 Å². The van der Waals surface area contributed by atoms with Gasteiger partial charge in [-0.25, -0.2) is 9.97 Å². The van der Waals surface area contributed by atoms with Crippen molar-refractivity contribution >= 4 is 34.8 Å². The molecule has 0 spiro atoms. The summed E-state index contributed by atoms with van der Waals surface area (Å²) in [4.78, 5) is 25.4. The monoisotopic (exact) mass is 397 g/mol. The lowest BCUT2D eigenvalue weighted by molar-refractivity contribution is 0.0714. The van der Waals surface area contributed by atoms with Crippen molar-refractivity contribution < 1.29 is 9.21 Å². The fourth-order valence-corrected chi connectivity index (χ4v) is 3.38. The molecule has 3 heterocycles. The van der Waals surface area contributed by atoms with Gasteiger partial charge in [0.1, 0.15) is 17.5 Å². The van der Waals surface area contributed by atoms with E-state index in [0.29, 0.717) is 48.6 Å². The van der Waals surface area contributed by atoms with E-state index in [-0.39, 0.29) is 5.91 Å². The van der Waals surface area contributed by atoms with Crippen LogP contribution in [0.15, 0.2) is 53.1 Å². The number of anilines is 3. The highest BCUT2D eigenvalue weighted by molar-refractivity contribution is 6.30. The molecule has 1 saturated heterocycles. The minimum absolute atomic E-state index is 0.0770. The third kappa shape index (κ3) is 4.09. The zero-order valence-electron chi connectivity index (χ0n) is 15.4. The molecule has 0 saturated carbocycles. The highest BCUT2D eigenvalue weighted by Gasteiger charge is 2.24. The van der Waals surface area contributed by atoms with Crippen molar-refractivity contribution in [3.8, 4) is 0 Å². The average molecular weight is 398 g/mol. The second kappa shape index (κ2) is 7.90. The van der Waals surface area contributed by atoms with Crippen molar-refractivity contribution in [2.75, 3.05) is 36.4 Å². The van der Waals surface area contributed by atoms with E-state index < -0.39 is 0 Å². The Morgan fingerprint density at radius 2 is 1.93 bits per heavy atom. The van der Waals surface area contributed by atoms with Crippen molar-refractivity contribution in [1.82, 2.24) is 14.9 Å². The van der Waals surface area contributed by atoms with Gasteiger partial charge in [0.2, 0.25) is 0 Å². The summed E-state index contributed by atoms with van der Waals surface area (Å²) in [6.07, 6.45) is 1.52. The molecule has 2 aromatic heterocycles. The van der Waals surface area contributed by atoms with Crippen LogP contribution in [0, 0.1) is 6.92 Å². The summed E-state index contributed by atoms with van der Waals surface area (Å²) < 4.78 is 5.21. The maximum Gasteiger partial charge on any atom is 0.289 e. The fourth-order valence-electron chi connectivity index (χ4n) is 3.19. The number of halogens is 1. The molecule has 0 aliphatic carbocycles. The average Bonchev–Trinajstić information content (AvgIpc) is 3.22. The van der Waals surface area contributed by atoms with E-state index in [9.17, 15) is 4.79 Å². The number of furan rings is 1. The largest absolute Gasteiger partial charge is 0.459 e. The van der Waals surface area contributed by atoms with Gasteiger partial charge in [-0.05, 0) is 37.3 Å². The zero-order chi connectivity index (χ0) is 19.5. The highest BCUT2D eigenvalue weighted by atomic mass is 35.5. The summed E-state index contributed by atoms with van der Waals surface area (Å²) in [6.45, 7) is 4.47. The molecule has 7 nitrogen and oxygen atoms in total. The maximum atomic E-state index is 12.4. The number of rotatable bonds is 4. The van der Waals surface area contributed by atoms with Crippen LogP contribution < -0.4 is 10.2 Å². The number of piperazine rings is 1. The molecule has 144 valence electrons. The van der Waals surface area contributed by atoms with Crippen LogP contribution in [0.1, 0.15) is 16.4 Å². The summed E-state index contributed by atoms with van der Waals surface area (Å²) in [7, 11) is 0. The Bertz CT molecular complexity index is 968. The van der Waals surface area contributed by atoms with Crippen molar-refractivity contribution in [3.63, 3.8) is 0 Å². The van der Waals surface area contributed by atoms with Crippen LogP contribution in [0.25, 0.3) is 0 Å². The van der Waals surface area contributed by atoms with Gasteiger partial charge in [0, 0.05) is 43.0 Å². The van der Waals surface area contributed by atoms with Gasteiger partial charge in [-0.1, -0.05) is 17.7 Å². The van der Waals surface area contributed by atoms with Crippen LogP contribution in [0.4, 0.5) is 17.3 Å². The van der Waals surface area contributed by atoms with Gasteiger partial charge in [0.05, 0.1) is 6.26 Å². The number of hydrogen-bond acceptors (Lipinski definition) is 6. The number of hydrogen-bond donors (Lipinski definition) is 1. The summed E-state index contributed by atoms with van der Waals surface area (Å²) in [5.74, 6) is 2.52. The Hall–Kier alpha value is -3.06. The van der Waals surface area contributed by atoms with Crippen molar-refractivity contribution in [1.29, 1.82) is 0 Å². The number of aromatic nitrogens is 2. The van der Waals surface area contributed by atoms with E-state index in [1.165, 1.54) is 6.26 Å². The number of nitrogens with one attached hydrogen (secondary N) is 1. The summed E-state index contributed by atoms with van der Waals surface area (Å²) in [5, 5.41) is 3.93. The molecular weight excluding hydrogens is 378 g/mol. The Morgan fingerprint density at radius 3 is 2.64 bits per heavy atom. The standard InChI is InChI=1S/C20H20ClN5O2/c1-14-22-18(24-16-5-2-4-15(21)12-16)13-19(23-14)25-7-9-26(10-8-25)20(27)17-6-3-11-28-17/h2-6,11-13H,7-10H2,1H3,(H,22,23,24). The lowest BCUT2D eigenvalue weighted by Gasteiger charge is -2.35. The zero-order valence-corrected chi connectivity index (χ0v) is 16.2. The van der Waals surface area contributed by atoms with Crippen LogP contribution in [0.5, 0.6) is 0 Å². The lowest BCUT2D eigenvalue weighted by atomic mass is 10.2. The van der Waals surface area contributed by atoms with Crippen LogP contribution in [-0.2, 0) is 0 Å². The predicted octanol–water partition coefficient (Wildman–Crippen LogP) is 3.74. The first-order chi connectivity index (χ1) is 13.6. The normalized spacial score (nSPS) is 14.2. The minimum atomic E-state index is -0.0770. The van der Waals surface area contributed by atoms with Crippen LogP contribution in [0.3, 0.4) is 0 Å².